The van der Waals surface area contributed by atoms with Gasteiger partial charge in [-0.05, 0) is 11.1 Å². The Kier molecular flexibility index (Phi) is 5.60. The van der Waals surface area contributed by atoms with E-state index in [2.05, 4.69) is 10.6 Å². The van der Waals surface area contributed by atoms with Gasteiger partial charge in [-0.25, -0.2) is 0 Å². The second-order valence-corrected chi connectivity index (χ2v) is 6.22. The summed E-state index contributed by atoms with van der Waals surface area (Å²) in [4.78, 5) is 0. The van der Waals surface area contributed by atoms with Gasteiger partial charge in [0.05, 0.1) is 24.4 Å². The maximum Gasteiger partial charge on any atom is 0.0984 e. The van der Waals surface area contributed by atoms with Crippen LogP contribution in [0.4, 0.5) is 0 Å². The van der Waals surface area contributed by atoms with Crippen molar-refractivity contribution in [2.45, 2.75) is 30.4 Å². The number of hydrogen-bond donors (Lipinski definition) is 5. The summed E-state index contributed by atoms with van der Waals surface area (Å²) in [6, 6.07) is 18.7. The third-order valence-corrected chi connectivity index (χ3v) is 4.57. The lowest BCUT2D eigenvalue weighted by molar-refractivity contribution is 0.0386. The van der Waals surface area contributed by atoms with Crippen LogP contribution in [0.2, 0.25) is 0 Å². The lowest BCUT2D eigenvalue weighted by Crippen LogP contribution is -2.43. The lowest BCUT2D eigenvalue weighted by Gasteiger charge is -2.27. The van der Waals surface area contributed by atoms with Crippen molar-refractivity contribution in [3.63, 3.8) is 0 Å². The predicted molar refractivity (Wildman–Crippen MR) is 92.4 cm³/mol. The van der Waals surface area contributed by atoms with E-state index in [0.717, 1.165) is 11.1 Å². The van der Waals surface area contributed by atoms with Crippen molar-refractivity contribution in [1.29, 1.82) is 0 Å². The normalized spacial score (nSPS) is 26.2. The van der Waals surface area contributed by atoms with Crippen molar-refractivity contribution in [3.8, 4) is 0 Å². The highest BCUT2D eigenvalue weighted by molar-refractivity contribution is 5.26. The molecule has 0 amide bonds. The highest BCUT2D eigenvalue weighted by Gasteiger charge is 2.33. The summed E-state index contributed by atoms with van der Waals surface area (Å²) in [5.41, 5.74) is 1.81. The standard InChI is InChI=1S/C19H24N2O3/c22-16-12-20-15(19(16)24)11-21-17(13-7-3-1-4-8-13)18(23)14-9-5-2-6-10-14/h1-10,15-24H,11-12H2/t15-,16+,17+,18-,19-/m1/s1. The van der Waals surface area contributed by atoms with Gasteiger partial charge in [-0.15, -0.1) is 0 Å². The third kappa shape index (κ3) is 3.83. The van der Waals surface area contributed by atoms with Gasteiger partial charge < -0.3 is 26.0 Å². The van der Waals surface area contributed by atoms with Gasteiger partial charge in [0.2, 0.25) is 0 Å². The van der Waals surface area contributed by atoms with Crippen LogP contribution in [-0.4, -0.2) is 46.7 Å². The van der Waals surface area contributed by atoms with Gasteiger partial charge in [0.15, 0.2) is 0 Å². The molecule has 1 saturated heterocycles. The molecule has 0 radical (unpaired) electrons. The van der Waals surface area contributed by atoms with E-state index in [1.807, 2.05) is 60.7 Å². The Balaban J connectivity index is 1.76. The summed E-state index contributed by atoms with van der Waals surface area (Å²) >= 11 is 0. The highest BCUT2D eigenvalue weighted by Crippen LogP contribution is 2.28. The maximum atomic E-state index is 10.8. The minimum atomic E-state index is -0.803. The van der Waals surface area contributed by atoms with Crippen molar-refractivity contribution in [2.75, 3.05) is 13.1 Å². The number of aliphatic hydroxyl groups is 3. The smallest absolute Gasteiger partial charge is 0.0984 e. The van der Waals surface area contributed by atoms with Crippen LogP contribution in [0.15, 0.2) is 60.7 Å². The number of hydrogen-bond acceptors (Lipinski definition) is 5. The van der Waals surface area contributed by atoms with E-state index in [1.54, 1.807) is 0 Å². The van der Waals surface area contributed by atoms with Crippen LogP contribution in [0.3, 0.4) is 0 Å². The first-order valence-electron chi connectivity index (χ1n) is 8.27. The Bertz CT molecular complexity index is 623. The molecule has 2 aromatic carbocycles. The Morgan fingerprint density at radius 3 is 2.08 bits per heavy atom. The fourth-order valence-corrected chi connectivity index (χ4v) is 3.14. The molecule has 3 rings (SSSR count). The van der Waals surface area contributed by atoms with Crippen LogP contribution in [0.25, 0.3) is 0 Å². The van der Waals surface area contributed by atoms with Crippen LogP contribution >= 0.6 is 0 Å². The number of aliphatic hydroxyl groups excluding tert-OH is 3. The molecule has 1 heterocycles. The van der Waals surface area contributed by atoms with Crippen molar-refractivity contribution in [2.24, 2.45) is 0 Å². The van der Waals surface area contributed by atoms with Gasteiger partial charge in [-0.2, -0.15) is 0 Å². The van der Waals surface area contributed by atoms with Gasteiger partial charge in [-0.3, -0.25) is 0 Å². The van der Waals surface area contributed by atoms with Crippen molar-refractivity contribution >= 4 is 0 Å². The van der Waals surface area contributed by atoms with Crippen LogP contribution < -0.4 is 10.6 Å². The summed E-state index contributed by atoms with van der Waals surface area (Å²) in [6.07, 6.45) is -2.26. The minimum Gasteiger partial charge on any atom is -0.389 e. The zero-order valence-electron chi connectivity index (χ0n) is 13.4. The first kappa shape index (κ1) is 17.1. The number of rotatable bonds is 6. The molecule has 2 aromatic rings. The molecule has 5 atom stereocenters. The van der Waals surface area contributed by atoms with Crippen molar-refractivity contribution in [1.82, 2.24) is 10.6 Å². The first-order valence-corrected chi connectivity index (χ1v) is 8.27. The minimum absolute atomic E-state index is 0.241. The molecule has 0 saturated carbocycles. The fourth-order valence-electron chi connectivity index (χ4n) is 3.14. The van der Waals surface area contributed by atoms with Crippen molar-refractivity contribution in [3.05, 3.63) is 71.8 Å². The number of β-amino-alcohol motifs (C(OH)–C–C–N with tert-alkyl or cyclic N) is 1. The average molecular weight is 328 g/mol. The van der Waals surface area contributed by atoms with Crippen molar-refractivity contribution < 1.29 is 15.3 Å². The molecule has 0 unspecified atom stereocenters. The van der Waals surface area contributed by atoms with Gasteiger partial charge in [0.25, 0.3) is 0 Å². The SMILES string of the molecule is O[C@H]1[C@@H](O)CN[C@@H]1CN[C@@H](c1ccccc1)[C@H](O)c1ccccc1. The molecule has 0 spiro atoms. The summed E-state index contributed by atoms with van der Waals surface area (Å²) in [7, 11) is 0. The molecule has 0 aliphatic carbocycles. The fraction of sp³-hybridized carbons (Fsp3) is 0.368. The molecule has 0 bridgehead atoms. The van der Waals surface area contributed by atoms with Crippen LogP contribution in [0.5, 0.6) is 0 Å². The number of nitrogens with one attached hydrogen (secondary N) is 2. The monoisotopic (exact) mass is 328 g/mol. The van der Waals surface area contributed by atoms with E-state index in [4.69, 9.17) is 0 Å². The lowest BCUT2D eigenvalue weighted by atomic mass is 9.95. The summed E-state index contributed by atoms with van der Waals surface area (Å²) in [5.74, 6) is 0. The summed E-state index contributed by atoms with van der Waals surface area (Å²) in [6.45, 7) is 0.826. The zero-order chi connectivity index (χ0) is 16.9. The van der Waals surface area contributed by atoms with Crippen LogP contribution in [0.1, 0.15) is 23.3 Å². The molecule has 1 aliphatic rings. The molecular formula is C19H24N2O3. The largest absolute Gasteiger partial charge is 0.389 e. The quantitative estimate of drug-likeness (QED) is 0.540. The predicted octanol–water partition coefficient (Wildman–Crippen LogP) is 0.745. The first-order chi connectivity index (χ1) is 11.7. The Morgan fingerprint density at radius 2 is 1.54 bits per heavy atom. The molecule has 5 heteroatoms. The second kappa shape index (κ2) is 7.88. The van der Waals surface area contributed by atoms with E-state index in [9.17, 15) is 15.3 Å². The van der Waals surface area contributed by atoms with E-state index in [1.165, 1.54) is 0 Å². The topological polar surface area (TPSA) is 84.8 Å². The summed E-state index contributed by atoms with van der Waals surface area (Å²) in [5, 5.41) is 36.9. The molecule has 1 fully saturated rings. The van der Waals surface area contributed by atoms with E-state index in [-0.39, 0.29) is 12.1 Å². The number of benzene rings is 2. The maximum absolute atomic E-state index is 10.8. The Hall–Kier alpha value is -1.76. The second-order valence-electron chi connectivity index (χ2n) is 6.22. The third-order valence-electron chi connectivity index (χ3n) is 4.57. The van der Waals surface area contributed by atoms with Gasteiger partial charge in [0, 0.05) is 19.1 Å². The van der Waals surface area contributed by atoms with Crippen LogP contribution in [0, 0.1) is 0 Å². The molecular weight excluding hydrogens is 304 g/mol. The molecule has 1 aliphatic heterocycles. The Morgan fingerprint density at radius 1 is 0.958 bits per heavy atom. The van der Waals surface area contributed by atoms with Gasteiger partial charge >= 0.3 is 0 Å². The molecule has 24 heavy (non-hydrogen) atoms. The van der Waals surface area contributed by atoms with E-state index < -0.39 is 18.3 Å². The average Bonchev–Trinajstić information content (AvgIpc) is 2.95. The zero-order valence-corrected chi connectivity index (χ0v) is 13.4. The van der Waals surface area contributed by atoms with Crippen LogP contribution in [-0.2, 0) is 0 Å². The van der Waals surface area contributed by atoms with Gasteiger partial charge in [0.1, 0.15) is 0 Å². The van der Waals surface area contributed by atoms with E-state index in [0.29, 0.717) is 13.1 Å². The molecule has 5 nitrogen and oxygen atoms in total. The summed E-state index contributed by atoms with van der Waals surface area (Å²) < 4.78 is 0. The molecule has 128 valence electrons. The van der Waals surface area contributed by atoms with Gasteiger partial charge in [-0.1, -0.05) is 60.7 Å². The molecule has 0 aromatic heterocycles. The van der Waals surface area contributed by atoms with E-state index >= 15 is 0 Å². The molecule has 5 N–H and O–H groups in total. The highest BCUT2D eigenvalue weighted by atomic mass is 16.3. The Labute approximate surface area is 142 Å².